The Balaban J connectivity index is 2.17. The van der Waals surface area contributed by atoms with E-state index in [0.29, 0.717) is 24.2 Å². The molecule has 1 aromatic carbocycles. The molecule has 2 amide bonds. The number of carbonyl (C=O) groups excluding carboxylic acids is 2. The Labute approximate surface area is 94.0 Å². The number of nitrogen functional groups attached to an aromatic ring is 1. The molecule has 0 unspecified atom stereocenters. The van der Waals surface area contributed by atoms with E-state index >= 15 is 0 Å². The molecule has 84 valence electrons. The van der Waals surface area contributed by atoms with Crippen LogP contribution < -0.4 is 5.73 Å². The second-order valence-electron chi connectivity index (χ2n) is 3.93. The lowest BCUT2D eigenvalue weighted by molar-refractivity contribution is -0.130. The van der Waals surface area contributed by atoms with Crippen LogP contribution in [0.15, 0.2) is 24.3 Å². The van der Waals surface area contributed by atoms with E-state index in [-0.39, 0.29) is 11.8 Å². The summed E-state index contributed by atoms with van der Waals surface area (Å²) in [6, 6.07) is 6.64. The maximum absolute atomic E-state index is 12.0. The molecule has 1 saturated heterocycles. The molecule has 4 nitrogen and oxygen atoms in total. The molecule has 0 aromatic heterocycles. The molecule has 0 spiro atoms. The second kappa shape index (κ2) is 4.35. The number of carbonyl (C=O) groups is 2. The first-order valence-corrected chi connectivity index (χ1v) is 5.39. The Morgan fingerprint density at radius 3 is 2.50 bits per heavy atom. The fourth-order valence-electron chi connectivity index (χ4n) is 1.80. The monoisotopic (exact) mass is 218 g/mol. The molecule has 16 heavy (non-hydrogen) atoms. The smallest absolute Gasteiger partial charge is 0.260 e. The van der Waals surface area contributed by atoms with Crippen LogP contribution >= 0.6 is 0 Å². The maximum atomic E-state index is 12.0. The van der Waals surface area contributed by atoms with Gasteiger partial charge in [-0.25, -0.2) is 0 Å². The first kappa shape index (κ1) is 10.7. The molecule has 4 heteroatoms. The Kier molecular flexibility index (Phi) is 2.90. The molecule has 1 aromatic rings. The van der Waals surface area contributed by atoms with Crippen LogP contribution in [-0.4, -0.2) is 23.3 Å². The van der Waals surface area contributed by atoms with Crippen molar-refractivity contribution in [3.8, 4) is 0 Å². The number of hydrogen-bond donors (Lipinski definition) is 1. The number of piperidine rings is 1. The summed E-state index contributed by atoms with van der Waals surface area (Å²) in [4.78, 5) is 24.9. The zero-order valence-electron chi connectivity index (χ0n) is 8.98. The van der Waals surface area contributed by atoms with Gasteiger partial charge in [0, 0.05) is 24.2 Å². The minimum atomic E-state index is -0.218. The average molecular weight is 218 g/mol. The number of benzene rings is 1. The fourth-order valence-corrected chi connectivity index (χ4v) is 1.80. The van der Waals surface area contributed by atoms with Crippen molar-refractivity contribution < 1.29 is 9.59 Å². The van der Waals surface area contributed by atoms with E-state index in [2.05, 4.69) is 0 Å². The summed E-state index contributed by atoms with van der Waals surface area (Å²) in [5.41, 5.74) is 6.67. The van der Waals surface area contributed by atoms with Gasteiger partial charge < -0.3 is 5.73 Å². The van der Waals surface area contributed by atoms with Gasteiger partial charge >= 0.3 is 0 Å². The molecule has 0 bridgehead atoms. The topological polar surface area (TPSA) is 63.4 Å². The number of imide groups is 1. The Bertz CT molecular complexity index is 412. The third-order valence-corrected chi connectivity index (χ3v) is 2.73. The number of amides is 2. The maximum Gasteiger partial charge on any atom is 0.260 e. The van der Waals surface area contributed by atoms with Crippen molar-refractivity contribution in [2.75, 3.05) is 12.3 Å². The van der Waals surface area contributed by atoms with Gasteiger partial charge in [-0.3, -0.25) is 14.5 Å². The van der Waals surface area contributed by atoms with Crippen molar-refractivity contribution in [3.63, 3.8) is 0 Å². The van der Waals surface area contributed by atoms with Crippen LogP contribution in [0.5, 0.6) is 0 Å². The van der Waals surface area contributed by atoms with Crippen molar-refractivity contribution in [2.24, 2.45) is 0 Å². The predicted octanol–water partition coefficient (Wildman–Crippen LogP) is 1.42. The molecule has 0 radical (unpaired) electrons. The van der Waals surface area contributed by atoms with Gasteiger partial charge in [-0.1, -0.05) is 0 Å². The van der Waals surface area contributed by atoms with E-state index in [1.54, 1.807) is 24.3 Å². The van der Waals surface area contributed by atoms with Gasteiger partial charge in [0.1, 0.15) is 0 Å². The molecule has 0 saturated carbocycles. The lowest BCUT2D eigenvalue weighted by Crippen LogP contribution is -2.40. The highest BCUT2D eigenvalue weighted by Gasteiger charge is 2.24. The van der Waals surface area contributed by atoms with E-state index in [1.165, 1.54) is 4.90 Å². The molecule has 1 fully saturated rings. The van der Waals surface area contributed by atoms with Gasteiger partial charge in [-0.15, -0.1) is 0 Å². The van der Waals surface area contributed by atoms with Crippen molar-refractivity contribution in [2.45, 2.75) is 19.3 Å². The van der Waals surface area contributed by atoms with E-state index < -0.39 is 0 Å². The fraction of sp³-hybridized carbons (Fsp3) is 0.333. The first-order chi connectivity index (χ1) is 7.68. The Morgan fingerprint density at radius 1 is 1.19 bits per heavy atom. The van der Waals surface area contributed by atoms with Gasteiger partial charge in [0.2, 0.25) is 5.91 Å². The Morgan fingerprint density at radius 2 is 1.88 bits per heavy atom. The molecule has 1 heterocycles. The summed E-state index contributed by atoms with van der Waals surface area (Å²) in [5.74, 6) is -0.294. The largest absolute Gasteiger partial charge is 0.399 e. The molecular formula is C12H14N2O2. The highest BCUT2D eigenvalue weighted by atomic mass is 16.2. The van der Waals surface area contributed by atoms with Crippen LogP contribution in [0.2, 0.25) is 0 Å². The highest BCUT2D eigenvalue weighted by Crippen LogP contribution is 2.15. The van der Waals surface area contributed by atoms with Crippen LogP contribution in [0.25, 0.3) is 0 Å². The molecular weight excluding hydrogens is 204 g/mol. The van der Waals surface area contributed by atoms with Crippen molar-refractivity contribution in [1.29, 1.82) is 0 Å². The highest BCUT2D eigenvalue weighted by molar-refractivity contribution is 6.05. The van der Waals surface area contributed by atoms with Gasteiger partial charge in [0.05, 0.1) is 0 Å². The molecule has 1 aliphatic rings. The summed E-state index contributed by atoms with van der Waals surface area (Å²) < 4.78 is 0. The molecule has 2 N–H and O–H groups in total. The average Bonchev–Trinajstić information content (AvgIpc) is 2.30. The van der Waals surface area contributed by atoms with Crippen LogP contribution in [0.1, 0.15) is 29.6 Å². The second-order valence-corrected chi connectivity index (χ2v) is 3.93. The van der Waals surface area contributed by atoms with Crippen molar-refractivity contribution in [1.82, 2.24) is 4.90 Å². The molecule has 2 rings (SSSR count). The van der Waals surface area contributed by atoms with E-state index in [9.17, 15) is 9.59 Å². The standard InChI is InChI=1S/C12H14N2O2/c13-10-6-4-9(5-7-10)12(16)14-8-2-1-3-11(14)15/h4-7H,1-3,8,13H2. The summed E-state index contributed by atoms with van der Waals surface area (Å²) in [5, 5.41) is 0. The lowest BCUT2D eigenvalue weighted by atomic mass is 10.1. The lowest BCUT2D eigenvalue weighted by Gasteiger charge is -2.24. The van der Waals surface area contributed by atoms with Crippen LogP contribution in [-0.2, 0) is 4.79 Å². The van der Waals surface area contributed by atoms with Crippen LogP contribution in [0, 0.1) is 0 Å². The SMILES string of the molecule is Nc1ccc(C(=O)N2CCCCC2=O)cc1. The van der Waals surface area contributed by atoms with Gasteiger partial charge in [-0.05, 0) is 37.1 Å². The van der Waals surface area contributed by atoms with Gasteiger partial charge in [-0.2, -0.15) is 0 Å². The number of likely N-dealkylation sites (tertiary alicyclic amines) is 1. The zero-order valence-corrected chi connectivity index (χ0v) is 8.98. The minimum absolute atomic E-state index is 0.0759. The summed E-state index contributed by atoms with van der Waals surface area (Å²) >= 11 is 0. The van der Waals surface area contributed by atoms with Crippen molar-refractivity contribution >= 4 is 17.5 Å². The van der Waals surface area contributed by atoms with E-state index in [1.807, 2.05) is 0 Å². The minimum Gasteiger partial charge on any atom is -0.399 e. The number of hydrogen-bond acceptors (Lipinski definition) is 3. The van der Waals surface area contributed by atoms with Crippen LogP contribution in [0.4, 0.5) is 5.69 Å². The van der Waals surface area contributed by atoms with Gasteiger partial charge in [0.25, 0.3) is 5.91 Å². The normalized spacial score (nSPS) is 16.2. The van der Waals surface area contributed by atoms with E-state index in [4.69, 9.17) is 5.73 Å². The summed E-state index contributed by atoms with van der Waals surface area (Å²) in [7, 11) is 0. The number of anilines is 1. The number of nitrogens with two attached hydrogens (primary N) is 1. The quantitative estimate of drug-likeness (QED) is 0.572. The molecule has 0 aliphatic carbocycles. The third-order valence-electron chi connectivity index (χ3n) is 2.73. The third kappa shape index (κ3) is 2.05. The Hall–Kier alpha value is -1.84. The summed E-state index contributed by atoms with van der Waals surface area (Å²) in [6.45, 7) is 0.530. The van der Waals surface area contributed by atoms with Crippen molar-refractivity contribution in [3.05, 3.63) is 29.8 Å². The zero-order chi connectivity index (χ0) is 11.5. The number of rotatable bonds is 1. The van der Waals surface area contributed by atoms with E-state index in [0.717, 1.165) is 12.8 Å². The predicted molar refractivity (Wildman–Crippen MR) is 60.7 cm³/mol. The van der Waals surface area contributed by atoms with Crippen LogP contribution in [0.3, 0.4) is 0 Å². The number of nitrogens with zero attached hydrogens (tertiary/aromatic N) is 1. The molecule has 0 atom stereocenters. The molecule has 1 aliphatic heterocycles. The van der Waals surface area contributed by atoms with Gasteiger partial charge in [0.15, 0.2) is 0 Å². The first-order valence-electron chi connectivity index (χ1n) is 5.39. The summed E-state index contributed by atoms with van der Waals surface area (Å²) in [6.07, 6.45) is 2.25.